The van der Waals surface area contributed by atoms with E-state index in [1.54, 1.807) is 0 Å². The fraction of sp³-hybridized carbons (Fsp3) is 0.154. The van der Waals surface area contributed by atoms with Crippen LogP contribution in [0.3, 0.4) is 0 Å². The fourth-order valence-corrected chi connectivity index (χ4v) is 1.50. The van der Waals surface area contributed by atoms with E-state index in [-0.39, 0.29) is 5.78 Å². The van der Waals surface area contributed by atoms with Gasteiger partial charge in [0.05, 0.1) is 5.56 Å². The molecule has 1 aromatic heterocycles. The van der Waals surface area contributed by atoms with Crippen LogP contribution >= 0.6 is 0 Å². The van der Waals surface area contributed by atoms with Crippen molar-refractivity contribution in [2.45, 2.75) is 13.8 Å². The maximum absolute atomic E-state index is 11.9. The molecular weight excluding hydrogens is 188 g/mol. The van der Waals surface area contributed by atoms with Crippen LogP contribution in [0.25, 0.3) is 11.0 Å². The maximum atomic E-state index is 11.9. The molecule has 1 aromatic carbocycles. The normalized spacial score (nSPS) is 12.0. The molecule has 0 saturated carbocycles. The van der Waals surface area contributed by atoms with E-state index < -0.39 is 0 Å². The van der Waals surface area contributed by atoms with Crippen molar-refractivity contribution < 1.29 is 9.21 Å². The molecule has 0 aliphatic heterocycles. The van der Waals surface area contributed by atoms with Gasteiger partial charge < -0.3 is 4.42 Å². The molecule has 76 valence electrons. The first-order valence-corrected chi connectivity index (χ1v) is 4.88. The number of carbonyl (C=O) groups is 1. The highest BCUT2D eigenvalue weighted by atomic mass is 16.3. The summed E-state index contributed by atoms with van der Waals surface area (Å²) in [7, 11) is 0. The number of rotatable bonds is 2. The van der Waals surface area contributed by atoms with Gasteiger partial charge in [0.25, 0.3) is 0 Å². The molecule has 0 aliphatic carbocycles. The molecule has 2 heteroatoms. The summed E-state index contributed by atoms with van der Waals surface area (Å²) in [6.07, 6.45) is 3.34. The number of carbonyl (C=O) groups excluding carboxylic acids is 1. The summed E-state index contributed by atoms with van der Waals surface area (Å²) in [5.41, 5.74) is 2.13. The zero-order valence-corrected chi connectivity index (χ0v) is 8.78. The Kier molecular flexibility index (Phi) is 2.42. The summed E-state index contributed by atoms with van der Waals surface area (Å²) in [6, 6.07) is 7.55. The third kappa shape index (κ3) is 1.59. The molecule has 0 N–H and O–H groups in total. The fourth-order valence-electron chi connectivity index (χ4n) is 1.50. The van der Waals surface area contributed by atoms with Crippen LogP contribution in [0.15, 0.2) is 46.6 Å². The van der Waals surface area contributed by atoms with Crippen molar-refractivity contribution in [1.29, 1.82) is 0 Å². The van der Waals surface area contributed by atoms with Crippen LogP contribution in [-0.2, 0) is 0 Å². The summed E-state index contributed by atoms with van der Waals surface area (Å²) < 4.78 is 5.32. The summed E-state index contributed by atoms with van der Waals surface area (Å²) >= 11 is 0. The van der Waals surface area contributed by atoms with Crippen LogP contribution in [0.4, 0.5) is 0 Å². The van der Waals surface area contributed by atoms with E-state index in [2.05, 4.69) is 0 Å². The molecule has 1 heterocycles. The molecule has 0 amide bonds. The van der Waals surface area contributed by atoms with Crippen LogP contribution in [0.5, 0.6) is 0 Å². The number of benzene rings is 1. The van der Waals surface area contributed by atoms with E-state index in [1.165, 1.54) is 6.26 Å². The first-order valence-electron chi connectivity index (χ1n) is 4.88. The Hall–Kier alpha value is -1.83. The van der Waals surface area contributed by atoms with Gasteiger partial charge in [0.15, 0.2) is 5.78 Å². The highest BCUT2D eigenvalue weighted by molar-refractivity contribution is 6.15. The molecule has 0 bridgehead atoms. The smallest absolute Gasteiger partial charge is 0.192 e. The van der Waals surface area contributed by atoms with Crippen LogP contribution < -0.4 is 0 Å². The summed E-state index contributed by atoms with van der Waals surface area (Å²) in [5, 5.41) is 0.878. The Morgan fingerprint density at radius 1 is 1.33 bits per heavy atom. The third-order valence-corrected chi connectivity index (χ3v) is 2.52. The minimum Gasteiger partial charge on any atom is -0.464 e. The minimum atomic E-state index is 0.0300. The molecule has 2 nitrogen and oxygen atoms in total. The second-order valence-corrected chi connectivity index (χ2v) is 3.45. The number of ketones is 1. The Morgan fingerprint density at radius 2 is 2.07 bits per heavy atom. The summed E-state index contributed by atoms with van der Waals surface area (Å²) in [5.74, 6) is 0.0300. The van der Waals surface area contributed by atoms with E-state index in [0.717, 1.165) is 16.5 Å². The highest BCUT2D eigenvalue weighted by Gasteiger charge is 2.13. The van der Waals surface area contributed by atoms with Crippen molar-refractivity contribution in [2.75, 3.05) is 0 Å². The van der Waals surface area contributed by atoms with Crippen LogP contribution in [-0.4, -0.2) is 5.78 Å². The number of fused-ring (bicyclic) bond motifs is 1. The lowest BCUT2D eigenvalue weighted by molar-refractivity contribution is 0.103. The molecule has 0 aliphatic rings. The Balaban J connectivity index is 2.58. The maximum Gasteiger partial charge on any atom is 0.192 e. The molecule has 2 aromatic rings. The molecular formula is C13H12O2. The van der Waals surface area contributed by atoms with E-state index in [1.807, 2.05) is 44.2 Å². The largest absolute Gasteiger partial charge is 0.464 e. The number of para-hydroxylation sites is 1. The Bertz CT molecular complexity index is 532. The lowest BCUT2D eigenvalue weighted by Gasteiger charge is -1.96. The van der Waals surface area contributed by atoms with Gasteiger partial charge in [0.1, 0.15) is 11.8 Å². The van der Waals surface area contributed by atoms with Crippen molar-refractivity contribution >= 4 is 16.8 Å². The first-order chi connectivity index (χ1) is 7.24. The lowest BCUT2D eigenvalue weighted by atomic mass is 10.0. The predicted molar refractivity (Wildman–Crippen MR) is 60.0 cm³/mol. The van der Waals surface area contributed by atoms with Crippen molar-refractivity contribution in [3.8, 4) is 0 Å². The Morgan fingerprint density at radius 3 is 2.80 bits per heavy atom. The predicted octanol–water partition coefficient (Wildman–Crippen LogP) is 3.58. The van der Waals surface area contributed by atoms with Gasteiger partial charge >= 0.3 is 0 Å². The van der Waals surface area contributed by atoms with Gasteiger partial charge in [-0.3, -0.25) is 4.79 Å². The average Bonchev–Trinajstić information content (AvgIpc) is 2.70. The average molecular weight is 200 g/mol. The minimum absolute atomic E-state index is 0.0300. The second kappa shape index (κ2) is 3.73. The van der Waals surface area contributed by atoms with E-state index in [0.29, 0.717) is 5.56 Å². The zero-order chi connectivity index (χ0) is 10.8. The molecule has 2 rings (SSSR count). The molecule has 0 radical (unpaired) electrons. The van der Waals surface area contributed by atoms with Crippen molar-refractivity contribution in [3.05, 3.63) is 47.7 Å². The van der Waals surface area contributed by atoms with E-state index >= 15 is 0 Å². The molecule has 0 fully saturated rings. The molecule has 15 heavy (non-hydrogen) atoms. The summed E-state index contributed by atoms with van der Waals surface area (Å²) in [6.45, 7) is 3.67. The quantitative estimate of drug-likeness (QED) is 0.547. The second-order valence-electron chi connectivity index (χ2n) is 3.45. The SMILES string of the molecule is C/C=C(/C)C(=O)c1coc2ccccc12. The van der Waals surface area contributed by atoms with Gasteiger partial charge in [0.2, 0.25) is 0 Å². The van der Waals surface area contributed by atoms with E-state index in [9.17, 15) is 4.79 Å². The highest BCUT2D eigenvalue weighted by Crippen LogP contribution is 2.22. The van der Waals surface area contributed by atoms with Gasteiger partial charge in [-0.25, -0.2) is 0 Å². The number of hydrogen-bond donors (Lipinski definition) is 0. The number of Topliss-reactive ketones (excluding diaryl/α,β-unsaturated/α-hetero) is 1. The monoisotopic (exact) mass is 200 g/mol. The van der Waals surface area contributed by atoms with Gasteiger partial charge in [-0.15, -0.1) is 0 Å². The van der Waals surface area contributed by atoms with Crippen molar-refractivity contribution in [2.24, 2.45) is 0 Å². The number of hydrogen-bond acceptors (Lipinski definition) is 2. The lowest BCUT2D eigenvalue weighted by Crippen LogP contribution is -1.98. The van der Waals surface area contributed by atoms with Gasteiger partial charge in [-0.2, -0.15) is 0 Å². The number of furan rings is 1. The third-order valence-electron chi connectivity index (χ3n) is 2.52. The topological polar surface area (TPSA) is 30.2 Å². The molecule has 0 atom stereocenters. The van der Waals surface area contributed by atoms with Crippen molar-refractivity contribution in [3.63, 3.8) is 0 Å². The molecule has 0 spiro atoms. The van der Waals surface area contributed by atoms with Gasteiger partial charge in [0, 0.05) is 5.39 Å². The summed E-state index contributed by atoms with van der Waals surface area (Å²) in [4.78, 5) is 11.9. The first kappa shape index (κ1) is 9.71. The number of allylic oxidation sites excluding steroid dienone is 2. The Labute approximate surface area is 88.2 Å². The van der Waals surface area contributed by atoms with E-state index in [4.69, 9.17) is 4.42 Å². The van der Waals surface area contributed by atoms with Crippen LogP contribution in [0.2, 0.25) is 0 Å². The molecule has 0 unspecified atom stereocenters. The van der Waals surface area contributed by atoms with Crippen molar-refractivity contribution in [1.82, 2.24) is 0 Å². The van der Waals surface area contributed by atoms with Crippen LogP contribution in [0.1, 0.15) is 24.2 Å². The van der Waals surface area contributed by atoms with Gasteiger partial charge in [-0.1, -0.05) is 24.3 Å². The molecule has 0 saturated heterocycles. The van der Waals surface area contributed by atoms with Gasteiger partial charge in [-0.05, 0) is 25.5 Å². The standard InChI is InChI=1S/C13H12O2/c1-3-9(2)13(14)11-8-15-12-7-5-4-6-10(11)12/h3-8H,1-2H3/b9-3-. The van der Waals surface area contributed by atoms with Crippen LogP contribution in [0, 0.1) is 0 Å². The zero-order valence-electron chi connectivity index (χ0n) is 8.78.